The van der Waals surface area contributed by atoms with Crippen LogP contribution in [0.25, 0.3) is 11.4 Å². The number of likely N-dealkylation sites (tertiary alicyclic amines) is 1. The summed E-state index contributed by atoms with van der Waals surface area (Å²) in [5, 5.41) is 18.8. The van der Waals surface area contributed by atoms with Crippen molar-refractivity contribution < 1.29 is 18.3 Å². The number of aryl methyl sites for hydroxylation is 1. The molecule has 178 valence electrons. The first-order chi connectivity index (χ1) is 16.9. The summed E-state index contributed by atoms with van der Waals surface area (Å²) in [6.45, 7) is 2.22. The maximum atomic E-state index is 14.4. The molecular weight excluding hydrogens is 458 g/mol. The molecule has 0 saturated carbocycles. The summed E-state index contributed by atoms with van der Waals surface area (Å²) in [5.74, 6) is -1.13. The quantitative estimate of drug-likeness (QED) is 0.570. The fourth-order valence-corrected chi connectivity index (χ4v) is 4.21. The Morgan fingerprint density at radius 1 is 1.23 bits per heavy atom. The van der Waals surface area contributed by atoms with E-state index in [0.29, 0.717) is 28.9 Å². The number of pyridine rings is 2. The van der Waals surface area contributed by atoms with Crippen molar-refractivity contribution in [1.82, 2.24) is 29.7 Å². The number of ether oxygens (including phenoxy) is 1. The highest BCUT2D eigenvalue weighted by atomic mass is 19.1. The van der Waals surface area contributed by atoms with Gasteiger partial charge in [0.05, 0.1) is 42.9 Å². The van der Waals surface area contributed by atoms with Crippen LogP contribution in [0, 0.1) is 29.9 Å². The minimum absolute atomic E-state index is 0.00545. The van der Waals surface area contributed by atoms with Gasteiger partial charge in [0.2, 0.25) is 0 Å². The molecule has 0 spiro atoms. The Morgan fingerprint density at radius 2 is 2.03 bits per heavy atom. The maximum Gasteiger partial charge on any atom is 0.341 e. The number of amides is 2. The summed E-state index contributed by atoms with van der Waals surface area (Å²) in [5.41, 5.74) is 2.46. The minimum atomic E-state index is -0.637. The van der Waals surface area contributed by atoms with Crippen LogP contribution in [-0.2, 0) is 7.05 Å². The zero-order valence-electron chi connectivity index (χ0n) is 18.9. The fraction of sp³-hybridized carbons (Fsp3) is 0.304. The number of aromatic nitrogens is 4. The van der Waals surface area contributed by atoms with Gasteiger partial charge in [-0.3, -0.25) is 14.6 Å². The Hall–Kier alpha value is -4.40. The van der Waals surface area contributed by atoms with E-state index in [2.05, 4.69) is 20.2 Å². The number of hydrazone groups is 1. The summed E-state index contributed by atoms with van der Waals surface area (Å²) in [4.78, 5) is 22.5. The second-order valence-electron chi connectivity index (χ2n) is 8.32. The second kappa shape index (κ2) is 8.75. The van der Waals surface area contributed by atoms with E-state index in [4.69, 9.17) is 4.74 Å². The van der Waals surface area contributed by atoms with Gasteiger partial charge >= 0.3 is 6.03 Å². The molecule has 2 amide bonds. The molecule has 35 heavy (non-hydrogen) atoms. The molecular formula is C23H20F2N8O2. The third-order valence-electron chi connectivity index (χ3n) is 6.00. The number of carbonyl (C=O) groups is 1. The number of hydrogen-bond acceptors (Lipinski definition) is 7. The molecule has 1 saturated heterocycles. The van der Waals surface area contributed by atoms with Crippen molar-refractivity contribution in [2.24, 2.45) is 12.1 Å². The number of rotatable bonds is 4. The van der Waals surface area contributed by atoms with Crippen molar-refractivity contribution in [3.05, 3.63) is 59.2 Å². The molecule has 5 heterocycles. The van der Waals surface area contributed by atoms with E-state index in [1.807, 2.05) is 6.07 Å². The zero-order chi connectivity index (χ0) is 24.7. The van der Waals surface area contributed by atoms with E-state index in [0.717, 1.165) is 12.4 Å². The Kier molecular flexibility index (Phi) is 5.60. The van der Waals surface area contributed by atoms with Crippen LogP contribution < -0.4 is 4.74 Å². The molecule has 12 heteroatoms. The molecule has 0 radical (unpaired) electrons. The first kappa shape index (κ1) is 22.4. The Bertz CT molecular complexity index is 1380. The molecule has 2 aliphatic rings. The van der Waals surface area contributed by atoms with Crippen LogP contribution in [0.5, 0.6) is 5.75 Å². The normalized spacial score (nSPS) is 17.4. The van der Waals surface area contributed by atoms with Gasteiger partial charge in [-0.1, -0.05) is 0 Å². The predicted octanol–water partition coefficient (Wildman–Crippen LogP) is 2.95. The van der Waals surface area contributed by atoms with Crippen LogP contribution in [0.15, 0.2) is 35.8 Å². The minimum Gasteiger partial charge on any atom is -0.483 e. The zero-order valence-corrected chi connectivity index (χ0v) is 18.9. The van der Waals surface area contributed by atoms with Gasteiger partial charge in [-0.2, -0.15) is 15.5 Å². The lowest BCUT2D eigenvalue weighted by atomic mass is 10.1. The Balaban J connectivity index is 1.26. The van der Waals surface area contributed by atoms with E-state index >= 15 is 0 Å². The van der Waals surface area contributed by atoms with Gasteiger partial charge in [-0.25, -0.2) is 18.6 Å². The van der Waals surface area contributed by atoms with Gasteiger partial charge in [-0.15, -0.1) is 0 Å². The molecule has 1 atom stereocenters. The maximum absolute atomic E-state index is 14.4. The fourth-order valence-electron chi connectivity index (χ4n) is 4.21. The van der Waals surface area contributed by atoms with Gasteiger partial charge < -0.3 is 9.64 Å². The van der Waals surface area contributed by atoms with Crippen molar-refractivity contribution in [3.8, 4) is 23.2 Å². The molecule has 0 aromatic carbocycles. The van der Waals surface area contributed by atoms with Gasteiger partial charge in [0.1, 0.15) is 18.0 Å². The van der Waals surface area contributed by atoms with Crippen molar-refractivity contribution in [1.29, 1.82) is 5.26 Å². The van der Waals surface area contributed by atoms with Gasteiger partial charge in [0.15, 0.2) is 17.3 Å². The number of urea groups is 1. The summed E-state index contributed by atoms with van der Waals surface area (Å²) in [7, 11) is 1.68. The molecule has 0 aliphatic carbocycles. The molecule has 10 nitrogen and oxygen atoms in total. The van der Waals surface area contributed by atoms with E-state index in [9.17, 15) is 18.8 Å². The van der Waals surface area contributed by atoms with Crippen LogP contribution >= 0.6 is 0 Å². The number of nitrogens with zero attached hydrogens (tertiary/aromatic N) is 8. The third kappa shape index (κ3) is 4.05. The lowest BCUT2D eigenvalue weighted by Gasteiger charge is -2.41. The molecule has 0 bridgehead atoms. The monoisotopic (exact) mass is 478 g/mol. The Morgan fingerprint density at radius 3 is 2.74 bits per heavy atom. The van der Waals surface area contributed by atoms with Crippen molar-refractivity contribution >= 4 is 12.2 Å². The summed E-state index contributed by atoms with van der Waals surface area (Å²) in [6.07, 6.45) is 5.31. The first-order valence-electron chi connectivity index (χ1n) is 10.8. The standard InChI is InChI=1S/C23H20F2N8O2/c1-13-19(7-26)30-31(2)22(13)18-6-21(17(25)10-28-18)35-16-11-32(12-16)23(34)33-20(3-4-29-33)14-5-15(24)9-27-8-14/h4-6,8-10,16,20H,3,11-12H2,1-2H3. The highest BCUT2D eigenvalue weighted by Crippen LogP contribution is 2.32. The van der Waals surface area contributed by atoms with Crippen LogP contribution in [0.2, 0.25) is 0 Å². The average Bonchev–Trinajstić information content (AvgIpc) is 3.41. The van der Waals surface area contributed by atoms with Crippen LogP contribution in [0.3, 0.4) is 0 Å². The highest BCUT2D eigenvalue weighted by molar-refractivity contribution is 5.79. The Labute approximate surface area is 199 Å². The van der Waals surface area contributed by atoms with Crippen LogP contribution in [0.4, 0.5) is 13.6 Å². The molecule has 2 aliphatic heterocycles. The number of carbonyl (C=O) groups excluding carboxylic acids is 1. The lowest BCUT2D eigenvalue weighted by Crippen LogP contribution is -2.58. The summed E-state index contributed by atoms with van der Waals surface area (Å²) in [6, 6.07) is 4.03. The molecule has 1 unspecified atom stereocenters. The van der Waals surface area contributed by atoms with Crippen molar-refractivity contribution in [3.63, 3.8) is 0 Å². The molecule has 1 fully saturated rings. The van der Waals surface area contributed by atoms with E-state index in [1.165, 1.54) is 32.9 Å². The first-order valence-corrected chi connectivity index (χ1v) is 10.8. The number of hydrogen-bond donors (Lipinski definition) is 0. The van der Waals surface area contributed by atoms with E-state index < -0.39 is 23.8 Å². The van der Waals surface area contributed by atoms with Gasteiger partial charge in [0, 0.05) is 37.5 Å². The molecule has 0 N–H and O–H groups in total. The third-order valence-corrected chi connectivity index (χ3v) is 6.00. The van der Waals surface area contributed by atoms with Crippen molar-refractivity contribution in [2.45, 2.75) is 25.5 Å². The van der Waals surface area contributed by atoms with Gasteiger partial charge in [0.25, 0.3) is 0 Å². The van der Waals surface area contributed by atoms with E-state index in [-0.39, 0.29) is 30.6 Å². The molecule has 3 aromatic rings. The molecule has 3 aromatic heterocycles. The smallest absolute Gasteiger partial charge is 0.341 e. The average molecular weight is 478 g/mol. The number of halogens is 2. The second-order valence-corrected chi connectivity index (χ2v) is 8.32. The van der Waals surface area contributed by atoms with Crippen LogP contribution in [-0.4, -0.2) is 61.1 Å². The van der Waals surface area contributed by atoms with Crippen molar-refractivity contribution in [2.75, 3.05) is 13.1 Å². The predicted molar refractivity (Wildman–Crippen MR) is 119 cm³/mol. The number of nitriles is 1. The highest BCUT2D eigenvalue weighted by Gasteiger charge is 2.39. The lowest BCUT2D eigenvalue weighted by molar-refractivity contribution is 0.0256. The summed E-state index contributed by atoms with van der Waals surface area (Å²) < 4.78 is 35.4. The largest absolute Gasteiger partial charge is 0.483 e. The van der Waals surface area contributed by atoms with E-state index in [1.54, 1.807) is 20.2 Å². The van der Waals surface area contributed by atoms with Crippen LogP contribution in [0.1, 0.15) is 29.3 Å². The van der Waals surface area contributed by atoms with Gasteiger partial charge in [-0.05, 0) is 18.6 Å². The SMILES string of the molecule is Cc1c(C#N)nn(C)c1-c1cc(OC2CN(C(=O)N3N=CCC3c3cncc(F)c3)C2)c(F)cn1. The topological polar surface area (TPSA) is 113 Å². The molecule has 5 rings (SSSR count). The summed E-state index contributed by atoms with van der Waals surface area (Å²) >= 11 is 0.